The molecule has 92 valence electrons. The van der Waals surface area contributed by atoms with Crippen LogP contribution in [0.2, 0.25) is 0 Å². The monoisotopic (exact) mass is 235 g/mol. The highest BCUT2D eigenvalue weighted by molar-refractivity contribution is 5.21. The molecule has 1 heterocycles. The SMILES string of the molecule is CCCn1nnc(C(C)(C)C)c1C(F)(F)F. The Hall–Kier alpha value is -1.07. The van der Waals surface area contributed by atoms with E-state index in [0.717, 1.165) is 4.68 Å². The van der Waals surface area contributed by atoms with Crippen LogP contribution in [0.15, 0.2) is 0 Å². The molecule has 6 heteroatoms. The predicted octanol–water partition coefficient (Wildman–Crippen LogP) is 3.00. The number of hydrogen-bond donors (Lipinski definition) is 0. The lowest BCUT2D eigenvalue weighted by Crippen LogP contribution is -2.22. The fourth-order valence-corrected chi connectivity index (χ4v) is 1.47. The summed E-state index contributed by atoms with van der Waals surface area (Å²) in [4.78, 5) is 0. The van der Waals surface area contributed by atoms with Gasteiger partial charge in [-0.05, 0) is 6.42 Å². The molecular weight excluding hydrogens is 219 g/mol. The Morgan fingerprint density at radius 3 is 2.12 bits per heavy atom. The number of alkyl halides is 3. The van der Waals surface area contributed by atoms with Gasteiger partial charge in [-0.3, -0.25) is 0 Å². The van der Waals surface area contributed by atoms with Crippen LogP contribution >= 0.6 is 0 Å². The summed E-state index contributed by atoms with van der Waals surface area (Å²) in [6, 6.07) is 0. The Morgan fingerprint density at radius 2 is 1.75 bits per heavy atom. The van der Waals surface area contributed by atoms with Crippen molar-refractivity contribution in [2.75, 3.05) is 0 Å². The molecule has 0 saturated heterocycles. The largest absolute Gasteiger partial charge is 0.434 e. The average Bonchev–Trinajstić information content (AvgIpc) is 2.46. The molecule has 0 saturated carbocycles. The maximum absolute atomic E-state index is 12.9. The van der Waals surface area contributed by atoms with Gasteiger partial charge in [-0.1, -0.05) is 32.9 Å². The number of nitrogens with zero attached hydrogens (tertiary/aromatic N) is 3. The van der Waals surface area contributed by atoms with Crippen LogP contribution in [0.5, 0.6) is 0 Å². The Labute approximate surface area is 92.6 Å². The van der Waals surface area contributed by atoms with Gasteiger partial charge in [0.15, 0.2) is 5.69 Å². The standard InChI is InChI=1S/C10H16F3N3/c1-5-6-16-8(10(11,12)13)7(14-15-16)9(2,3)4/h5-6H2,1-4H3. The van der Waals surface area contributed by atoms with E-state index in [1.54, 1.807) is 27.7 Å². The molecule has 0 aliphatic heterocycles. The molecule has 0 bridgehead atoms. The van der Waals surface area contributed by atoms with Crippen molar-refractivity contribution in [1.29, 1.82) is 0 Å². The van der Waals surface area contributed by atoms with Crippen LogP contribution in [0.4, 0.5) is 13.2 Å². The van der Waals surface area contributed by atoms with Gasteiger partial charge in [-0.25, -0.2) is 4.68 Å². The van der Waals surface area contributed by atoms with E-state index >= 15 is 0 Å². The third-order valence-electron chi connectivity index (χ3n) is 2.15. The van der Waals surface area contributed by atoms with E-state index < -0.39 is 17.3 Å². The normalized spacial score (nSPS) is 13.2. The minimum Gasteiger partial charge on any atom is -0.240 e. The lowest BCUT2D eigenvalue weighted by Gasteiger charge is -2.19. The molecule has 0 atom stereocenters. The molecule has 1 aromatic rings. The van der Waals surface area contributed by atoms with Crippen molar-refractivity contribution in [1.82, 2.24) is 15.0 Å². The van der Waals surface area contributed by atoms with Crippen LogP contribution in [-0.4, -0.2) is 15.0 Å². The van der Waals surface area contributed by atoms with Crippen molar-refractivity contribution >= 4 is 0 Å². The van der Waals surface area contributed by atoms with Crippen molar-refractivity contribution in [3.8, 4) is 0 Å². The van der Waals surface area contributed by atoms with Crippen molar-refractivity contribution in [3.05, 3.63) is 11.4 Å². The van der Waals surface area contributed by atoms with E-state index in [2.05, 4.69) is 10.3 Å². The Kier molecular flexibility index (Phi) is 3.30. The number of aryl methyl sites for hydroxylation is 1. The van der Waals surface area contributed by atoms with E-state index in [1.807, 2.05) is 0 Å². The first-order valence-electron chi connectivity index (χ1n) is 5.19. The molecule has 0 spiro atoms. The highest BCUT2D eigenvalue weighted by Gasteiger charge is 2.42. The van der Waals surface area contributed by atoms with Gasteiger partial charge in [0.1, 0.15) is 5.69 Å². The molecule has 0 fully saturated rings. The van der Waals surface area contributed by atoms with Crippen LogP contribution in [0.25, 0.3) is 0 Å². The zero-order valence-corrected chi connectivity index (χ0v) is 9.89. The van der Waals surface area contributed by atoms with Crippen LogP contribution in [0.3, 0.4) is 0 Å². The predicted molar refractivity (Wildman–Crippen MR) is 54.0 cm³/mol. The lowest BCUT2D eigenvalue weighted by molar-refractivity contribution is -0.145. The van der Waals surface area contributed by atoms with E-state index in [4.69, 9.17) is 0 Å². The summed E-state index contributed by atoms with van der Waals surface area (Å²) in [5, 5.41) is 7.25. The smallest absolute Gasteiger partial charge is 0.240 e. The van der Waals surface area contributed by atoms with Crippen molar-refractivity contribution in [2.45, 2.75) is 52.3 Å². The van der Waals surface area contributed by atoms with Crippen LogP contribution < -0.4 is 0 Å². The lowest BCUT2D eigenvalue weighted by atomic mass is 9.90. The zero-order chi connectivity index (χ0) is 12.6. The second-order valence-corrected chi connectivity index (χ2v) is 4.76. The number of rotatable bonds is 2. The molecule has 0 N–H and O–H groups in total. The van der Waals surface area contributed by atoms with Gasteiger partial charge in [0.05, 0.1) is 0 Å². The van der Waals surface area contributed by atoms with Gasteiger partial charge >= 0.3 is 6.18 Å². The third kappa shape index (κ3) is 2.54. The van der Waals surface area contributed by atoms with E-state index in [0.29, 0.717) is 6.42 Å². The Balaban J connectivity index is 3.31. The van der Waals surface area contributed by atoms with Gasteiger partial charge in [0, 0.05) is 12.0 Å². The maximum atomic E-state index is 12.9. The highest BCUT2D eigenvalue weighted by Crippen LogP contribution is 2.36. The molecule has 16 heavy (non-hydrogen) atoms. The molecule has 0 aliphatic rings. The fourth-order valence-electron chi connectivity index (χ4n) is 1.47. The van der Waals surface area contributed by atoms with E-state index in [-0.39, 0.29) is 12.2 Å². The summed E-state index contributed by atoms with van der Waals surface area (Å²) in [6.07, 6.45) is -3.81. The number of hydrogen-bond acceptors (Lipinski definition) is 2. The topological polar surface area (TPSA) is 30.7 Å². The van der Waals surface area contributed by atoms with Crippen molar-refractivity contribution in [3.63, 3.8) is 0 Å². The molecule has 3 nitrogen and oxygen atoms in total. The first kappa shape index (κ1) is 13.0. The maximum Gasteiger partial charge on any atom is 0.434 e. The summed E-state index contributed by atoms with van der Waals surface area (Å²) >= 11 is 0. The highest BCUT2D eigenvalue weighted by atomic mass is 19.4. The zero-order valence-electron chi connectivity index (χ0n) is 9.89. The molecule has 0 radical (unpaired) electrons. The van der Waals surface area contributed by atoms with Gasteiger partial charge in [0.25, 0.3) is 0 Å². The molecule has 0 unspecified atom stereocenters. The number of aromatic nitrogens is 3. The number of halogens is 3. The molecule has 1 rings (SSSR count). The Morgan fingerprint density at radius 1 is 1.19 bits per heavy atom. The van der Waals surface area contributed by atoms with Gasteiger partial charge in [0.2, 0.25) is 0 Å². The van der Waals surface area contributed by atoms with Gasteiger partial charge in [-0.15, -0.1) is 5.10 Å². The molecule has 1 aromatic heterocycles. The molecule has 0 amide bonds. The molecule has 0 aliphatic carbocycles. The van der Waals surface area contributed by atoms with Crippen molar-refractivity contribution in [2.24, 2.45) is 0 Å². The first-order valence-corrected chi connectivity index (χ1v) is 5.19. The first-order chi connectivity index (χ1) is 7.18. The average molecular weight is 235 g/mol. The fraction of sp³-hybridized carbons (Fsp3) is 0.800. The summed E-state index contributed by atoms with van der Waals surface area (Å²) in [7, 11) is 0. The van der Waals surface area contributed by atoms with E-state index in [1.165, 1.54) is 0 Å². The van der Waals surface area contributed by atoms with Crippen LogP contribution in [0.1, 0.15) is 45.5 Å². The van der Waals surface area contributed by atoms with Gasteiger partial charge in [-0.2, -0.15) is 13.2 Å². The molecular formula is C10H16F3N3. The van der Waals surface area contributed by atoms with Crippen molar-refractivity contribution < 1.29 is 13.2 Å². The van der Waals surface area contributed by atoms with Crippen LogP contribution in [-0.2, 0) is 18.1 Å². The Bertz CT molecular complexity index is 360. The third-order valence-corrected chi connectivity index (χ3v) is 2.15. The summed E-state index contributed by atoms with van der Waals surface area (Å²) in [6.45, 7) is 7.13. The second-order valence-electron chi connectivity index (χ2n) is 4.76. The summed E-state index contributed by atoms with van der Waals surface area (Å²) in [5.41, 5.74) is -1.37. The van der Waals surface area contributed by atoms with E-state index in [9.17, 15) is 13.2 Å². The quantitative estimate of drug-likeness (QED) is 0.788. The summed E-state index contributed by atoms with van der Waals surface area (Å²) in [5.74, 6) is 0. The second kappa shape index (κ2) is 4.07. The minimum absolute atomic E-state index is 0.00782. The van der Waals surface area contributed by atoms with Gasteiger partial charge < -0.3 is 0 Å². The molecule has 0 aromatic carbocycles. The summed E-state index contributed by atoms with van der Waals surface area (Å²) < 4.78 is 39.6. The van der Waals surface area contributed by atoms with Crippen LogP contribution in [0, 0.1) is 0 Å². The minimum atomic E-state index is -4.40.